The predicted octanol–water partition coefficient (Wildman–Crippen LogP) is 0.981. The number of rotatable bonds is 6. The molecular weight excluding hydrogens is 307 g/mol. The van der Waals surface area contributed by atoms with Crippen molar-refractivity contribution in [1.82, 2.24) is 5.32 Å². The minimum atomic E-state index is -1.34. The highest BCUT2D eigenvalue weighted by Crippen LogP contribution is 2.22. The number of carbonyl (C=O) groups excluding carboxylic acids is 2. The summed E-state index contributed by atoms with van der Waals surface area (Å²) in [5.41, 5.74) is 5.48. The van der Waals surface area contributed by atoms with Crippen molar-refractivity contribution in [1.29, 1.82) is 0 Å². The van der Waals surface area contributed by atoms with Gasteiger partial charge in [-0.25, -0.2) is 4.79 Å². The molecule has 0 bridgehead atoms. The summed E-state index contributed by atoms with van der Waals surface area (Å²) >= 11 is 11.5. The first-order valence-corrected chi connectivity index (χ1v) is 6.29. The molecule has 8 heteroatoms. The maximum Gasteiger partial charge on any atom is 0.326 e. The molecule has 20 heavy (non-hydrogen) atoms. The lowest BCUT2D eigenvalue weighted by Gasteiger charge is -2.12. The molecule has 0 saturated carbocycles. The molecule has 2 amide bonds. The maximum atomic E-state index is 11.7. The van der Waals surface area contributed by atoms with E-state index >= 15 is 0 Å². The molecule has 1 unspecified atom stereocenters. The maximum absolute atomic E-state index is 11.7. The Morgan fingerprint density at radius 1 is 1.25 bits per heavy atom. The molecule has 0 heterocycles. The van der Waals surface area contributed by atoms with Gasteiger partial charge in [-0.05, 0) is 17.7 Å². The Balaban J connectivity index is 2.67. The van der Waals surface area contributed by atoms with E-state index in [0.717, 1.165) is 0 Å². The second-order valence-electron chi connectivity index (χ2n) is 4.05. The van der Waals surface area contributed by atoms with Crippen molar-refractivity contribution >= 4 is 41.0 Å². The largest absolute Gasteiger partial charge is 0.480 e. The van der Waals surface area contributed by atoms with Crippen LogP contribution in [0.3, 0.4) is 0 Å². The van der Waals surface area contributed by atoms with Gasteiger partial charge in [0, 0.05) is 0 Å². The molecular formula is C12H12Cl2N2O4. The fourth-order valence-electron chi connectivity index (χ4n) is 1.48. The van der Waals surface area contributed by atoms with Gasteiger partial charge >= 0.3 is 5.97 Å². The smallest absolute Gasteiger partial charge is 0.326 e. The molecule has 0 saturated heterocycles. The van der Waals surface area contributed by atoms with Crippen LogP contribution >= 0.6 is 23.2 Å². The predicted molar refractivity (Wildman–Crippen MR) is 73.5 cm³/mol. The Labute approximate surface area is 124 Å². The van der Waals surface area contributed by atoms with Gasteiger partial charge in [0.05, 0.1) is 22.9 Å². The van der Waals surface area contributed by atoms with Crippen LogP contribution in [0, 0.1) is 0 Å². The second kappa shape index (κ2) is 7.12. The monoisotopic (exact) mass is 318 g/mol. The number of primary amides is 1. The third kappa shape index (κ3) is 5.07. The lowest BCUT2D eigenvalue weighted by molar-refractivity contribution is -0.143. The van der Waals surface area contributed by atoms with E-state index in [1.54, 1.807) is 6.07 Å². The van der Waals surface area contributed by atoms with E-state index in [-0.39, 0.29) is 6.42 Å². The van der Waals surface area contributed by atoms with Crippen LogP contribution in [0.1, 0.15) is 12.0 Å². The molecule has 0 aliphatic heterocycles. The zero-order valence-corrected chi connectivity index (χ0v) is 11.7. The van der Waals surface area contributed by atoms with Gasteiger partial charge in [0.2, 0.25) is 11.8 Å². The Morgan fingerprint density at radius 3 is 2.40 bits per heavy atom. The topological polar surface area (TPSA) is 109 Å². The standard InChI is InChI=1S/C12H12Cl2N2O4/c13-7-2-1-6(3-8(7)14)4-11(18)16-9(12(19)20)5-10(15)17/h1-3,9H,4-5H2,(H2,15,17)(H,16,18)(H,19,20). The van der Waals surface area contributed by atoms with Crippen LogP contribution in [0.15, 0.2) is 18.2 Å². The van der Waals surface area contributed by atoms with Crippen molar-refractivity contribution in [2.24, 2.45) is 5.73 Å². The van der Waals surface area contributed by atoms with Crippen molar-refractivity contribution in [3.05, 3.63) is 33.8 Å². The van der Waals surface area contributed by atoms with Crippen LogP contribution in [0.4, 0.5) is 0 Å². The molecule has 0 aliphatic rings. The normalized spacial score (nSPS) is 11.7. The van der Waals surface area contributed by atoms with Gasteiger partial charge in [-0.2, -0.15) is 0 Å². The number of aliphatic carboxylic acids is 1. The Morgan fingerprint density at radius 2 is 1.90 bits per heavy atom. The van der Waals surface area contributed by atoms with E-state index in [1.165, 1.54) is 12.1 Å². The number of carboxylic acid groups (broad SMARTS) is 1. The zero-order chi connectivity index (χ0) is 15.3. The molecule has 1 aromatic rings. The molecule has 0 radical (unpaired) electrons. The Bertz CT molecular complexity index is 548. The van der Waals surface area contributed by atoms with Gasteiger partial charge in [-0.15, -0.1) is 0 Å². The van der Waals surface area contributed by atoms with Crippen molar-refractivity contribution in [2.45, 2.75) is 18.9 Å². The van der Waals surface area contributed by atoms with Gasteiger partial charge < -0.3 is 16.2 Å². The molecule has 1 atom stereocenters. The SMILES string of the molecule is NC(=O)CC(NC(=O)Cc1ccc(Cl)c(Cl)c1)C(=O)O. The molecule has 6 nitrogen and oxygen atoms in total. The lowest BCUT2D eigenvalue weighted by Crippen LogP contribution is -2.43. The molecule has 1 rings (SSSR count). The first-order valence-electron chi connectivity index (χ1n) is 5.54. The Kier molecular flexibility index (Phi) is 5.79. The summed E-state index contributed by atoms with van der Waals surface area (Å²) in [6.45, 7) is 0. The lowest BCUT2D eigenvalue weighted by atomic mass is 10.1. The van der Waals surface area contributed by atoms with Crippen LogP contribution in [-0.2, 0) is 20.8 Å². The van der Waals surface area contributed by atoms with Crippen molar-refractivity contribution in [3.63, 3.8) is 0 Å². The number of amides is 2. The quantitative estimate of drug-likeness (QED) is 0.726. The van der Waals surface area contributed by atoms with Gasteiger partial charge in [0.25, 0.3) is 0 Å². The van der Waals surface area contributed by atoms with Gasteiger partial charge in [-0.1, -0.05) is 29.3 Å². The van der Waals surface area contributed by atoms with Crippen molar-refractivity contribution < 1.29 is 19.5 Å². The molecule has 1 aromatic carbocycles. The number of carbonyl (C=O) groups is 3. The van der Waals surface area contributed by atoms with Crippen molar-refractivity contribution in [2.75, 3.05) is 0 Å². The number of nitrogens with one attached hydrogen (secondary N) is 1. The molecule has 0 aliphatic carbocycles. The number of hydrogen-bond acceptors (Lipinski definition) is 3. The van der Waals surface area contributed by atoms with Crippen LogP contribution < -0.4 is 11.1 Å². The molecule has 0 spiro atoms. The third-order valence-electron chi connectivity index (χ3n) is 2.39. The second-order valence-corrected chi connectivity index (χ2v) is 4.87. The summed E-state index contributed by atoms with van der Waals surface area (Å²) in [4.78, 5) is 33.3. The van der Waals surface area contributed by atoms with Gasteiger partial charge in [0.1, 0.15) is 6.04 Å². The molecule has 0 fully saturated rings. The van der Waals surface area contributed by atoms with Crippen LogP contribution in [0.5, 0.6) is 0 Å². The summed E-state index contributed by atoms with van der Waals surface area (Å²) < 4.78 is 0. The fourth-order valence-corrected chi connectivity index (χ4v) is 1.80. The summed E-state index contributed by atoms with van der Waals surface area (Å²) in [6.07, 6.45) is -0.554. The Hall–Kier alpha value is -1.79. The number of carboxylic acids is 1. The summed E-state index contributed by atoms with van der Waals surface area (Å²) in [5.74, 6) is -2.70. The first-order chi connectivity index (χ1) is 9.29. The van der Waals surface area contributed by atoms with E-state index in [0.29, 0.717) is 15.6 Å². The third-order valence-corrected chi connectivity index (χ3v) is 3.13. The highest BCUT2D eigenvalue weighted by molar-refractivity contribution is 6.42. The van der Waals surface area contributed by atoms with E-state index in [2.05, 4.69) is 5.32 Å². The van der Waals surface area contributed by atoms with E-state index in [9.17, 15) is 14.4 Å². The fraction of sp³-hybridized carbons (Fsp3) is 0.250. The van der Waals surface area contributed by atoms with E-state index in [4.69, 9.17) is 34.0 Å². The minimum Gasteiger partial charge on any atom is -0.480 e. The summed E-state index contributed by atoms with van der Waals surface area (Å²) in [6, 6.07) is 3.29. The van der Waals surface area contributed by atoms with Gasteiger partial charge in [0.15, 0.2) is 0 Å². The van der Waals surface area contributed by atoms with E-state index in [1.807, 2.05) is 0 Å². The van der Waals surface area contributed by atoms with Crippen LogP contribution in [0.2, 0.25) is 10.0 Å². The average molecular weight is 319 g/mol. The molecule has 108 valence electrons. The molecule has 0 aromatic heterocycles. The summed E-state index contributed by atoms with van der Waals surface area (Å²) in [5, 5.41) is 11.7. The van der Waals surface area contributed by atoms with Crippen molar-refractivity contribution in [3.8, 4) is 0 Å². The average Bonchev–Trinajstić information content (AvgIpc) is 2.32. The number of halogens is 2. The number of nitrogens with two attached hydrogens (primary N) is 1. The minimum absolute atomic E-state index is 0.0839. The zero-order valence-electron chi connectivity index (χ0n) is 10.2. The molecule has 4 N–H and O–H groups in total. The highest BCUT2D eigenvalue weighted by Gasteiger charge is 2.22. The van der Waals surface area contributed by atoms with Gasteiger partial charge in [-0.3, -0.25) is 9.59 Å². The first kappa shape index (κ1) is 16.3. The summed E-state index contributed by atoms with van der Waals surface area (Å²) in [7, 11) is 0. The highest BCUT2D eigenvalue weighted by atomic mass is 35.5. The van der Waals surface area contributed by atoms with E-state index < -0.39 is 30.2 Å². The van der Waals surface area contributed by atoms with Crippen LogP contribution in [-0.4, -0.2) is 28.9 Å². The number of benzene rings is 1. The number of hydrogen-bond donors (Lipinski definition) is 3. The van der Waals surface area contributed by atoms with Crippen LogP contribution in [0.25, 0.3) is 0 Å².